The van der Waals surface area contributed by atoms with Crippen LogP contribution in [0.25, 0.3) is 0 Å². The number of esters is 1. The predicted molar refractivity (Wildman–Crippen MR) is 59.0 cm³/mol. The van der Waals surface area contributed by atoms with Gasteiger partial charge in [0.1, 0.15) is 0 Å². The van der Waals surface area contributed by atoms with Crippen LogP contribution >= 0.6 is 0 Å². The molecule has 86 valence electrons. The van der Waals surface area contributed by atoms with E-state index in [-0.39, 0.29) is 6.61 Å². The lowest BCUT2D eigenvalue weighted by Gasteiger charge is -2.14. The largest absolute Gasteiger partial charge is 0.461 e. The number of Topliss-reactive ketones (excluding diaryl/α,β-unsaturated/α-hetero) is 1. The number of ether oxygens (including phenoxy) is 1. The fourth-order valence-electron chi connectivity index (χ4n) is 0.773. The van der Waals surface area contributed by atoms with Crippen molar-refractivity contribution in [3.8, 4) is 0 Å². The summed E-state index contributed by atoms with van der Waals surface area (Å²) < 4.78 is 4.82. The molecule has 0 saturated carbocycles. The third kappa shape index (κ3) is 6.00. The summed E-state index contributed by atoms with van der Waals surface area (Å²) in [6, 6.07) is 0.815. The van der Waals surface area contributed by atoms with Gasteiger partial charge in [-0.3, -0.25) is 4.79 Å². The maximum atomic E-state index is 11.2. The van der Waals surface area contributed by atoms with Gasteiger partial charge in [-0.25, -0.2) is 4.79 Å². The molecule has 1 N–H and O–H groups in total. The highest BCUT2D eigenvalue weighted by molar-refractivity contribution is 6.76. The van der Waals surface area contributed by atoms with E-state index in [4.69, 9.17) is 9.94 Å². The number of carbonyl (C=O) groups excluding carboxylic acids is 2. The van der Waals surface area contributed by atoms with Crippen LogP contribution in [0.1, 0.15) is 6.92 Å². The van der Waals surface area contributed by atoms with Gasteiger partial charge in [0.25, 0.3) is 0 Å². The van der Waals surface area contributed by atoms with Crippen LogP contribution < -0.4 is 0 Å². The Hall–Kier alpha value is -1.17. The highest BCUT2D eigenvalue weighted by atomic mass is 28.3. The molecule has 6 heteroatoms. The highest BCUT2D eigenvalue weighted by Crippen LogP contribution is 2.07. The Morgan fingerprint density at radius 3 is 2.20 bits per heavy atom. The third-order valence-electron chi connectivity index (χ3n) is 1.71. The van der Waals surface area contributed by atoms with Gasteiger partial charge in [0, 0.05) is 15.0 Å². The molecule has 0 amide bonds. The average Bonchev–Trinajstić information content (AvgIpc) is 2.01. The normalized spacial score (nSPS) is 12.4. The van der Waals surface area contributed by atoms with E-state index >= 15 is 0 Å². The molecule has 0 fully saturated rings. The van der Waals surface area contributed by atoms with Crippen molar-refractivity contribution in [1.82, 2.24) is 0 Å². The van der Waals surface area contributed by atoms with Crippen molar-refractivity contribution in [3.05, 3.63) is 0 Å². The fraction of sp³-hybridized carbons (Fsp3) is 0.667. The number of nitrogens with zero attached hydrogens (tertiary/aromatic N) is 1. The third-order valence-corrected chi connectivity index (χ3v) is 3.42. The molecule has 0 atom stereocenters. The molecular formula is C9H17NO4Si. The summed E-state index contributed by atoms with van der Waals surface area (Å²) in [6.07, 6.45) is 0. The van der Waals surface area contributed by atoms with Crippen molar-refractivity contribution in [2.45, 2.75) is 32.6 Å². The lowest BCUT2D eigenvalue weighted by atomic mass is 10.3. The Bertz CT molecular complexity index is 280. The maximum Gasteiger partial charge on any atom is 0.364 e. The quantitative estimate of drug-likeness (QED) is 0.193. The SMILES string of the molecule is CC(=O)/C(=N/O)C(=O)OCC[Si](C)(C)C. The monoisotopic (exact) mass is 231 g/mol. The molecule has 0 aliphatic carbocycles. The van der Waals surface area contributed by atoms with Crippen LogP contribution in [0.4, 0.5) is 0 Å². The summed E-state index contributed by atoms with van der Waals surface area (Å²) in [5.41, 5.74) is -0.550. The van der Waals surface area contributed by atoms with Crippen LogP contribution in [0.5, 0.6) is 0 Å². The molecule has 0 rings (SSSR count). The second-order valence-electron chi connectivity index (χ2n) is 4.45. The molecular weight excluding hydrogens is 214 g/mol. The zero-order valence-electron chi connectivity index (χ0n) is 9.53. The van der Waals surface area contributed by atoms with Crippen LogP contribution in [0.15, 0.2) is 5.16 Å². The zero-order chi connectivity index (χ0) is 12.1. The van der Waals surface area contributed by atoms with E-state index in [1.54, 1.807) is 0 Å². The van der Waals surface area contributed by atoms with Gasteiger partial charge in [-0.15, -0.1) is 0 Å². The number of hydrogen-bond donors (Lipinski definition) is 1. The molecule has 0 heterocycles. The number of oxime groups is 1. The lowest BCUT2D eigenvalue weighted by molar-refractivity contribution is -0.135. The Kier molecular flexibility index (Phi) is 5.20. The topological polar surface area (TPSA) is 76.0 Å². The Morgan fingerprint density at radius 2 is 1.87 bits per heavy atom. The minimum atomic E-state index is -1.26. The summed E-state index contributed by atoms with van der Waals surface area (Å²) in [6.45, 7) is 7.85. The molecule has 0 unspecified atom stereocenters. The Labute approximate surface area is 90.1 Å². The van der Waals surface area contributed by atoms with Gasteiger partial charge in [0.05, 0.1) is 6.61 Å². The Balaban J connectivity index is 4.10. The Morgan fingerprint density at radius 1 is 1.33 bits per heavy atom. The molecule has 0 aliphatic heterocycles. The second kappa shape index (κ2) is 5.65. The molecule has 0 spiro atoms. The van der Waals surface area contributed by atoms with E-state index in [0.717, 1.165) is 13.0 Å². The summed E-state index contributed by atoms with van der Waals surface area (Å²) in [7, 11) is -1.26. The van der Waals surface area contributed by atoms with Gasteiger partial charge < -0.3 is 9.94 Å². The smallest absolute Gasteiger partial charge is 0.364 e. The molecule has 15 heavy (non-hydrogen) atoms. The van der Waals surface area contributed by atoms with Crippen LogP contribution in [0, 0.1) is 0 Å². The molecule has 5 nitrogen and oxygen atoms in total. The number of rotatable bonds is 5. The summed E-state index contributed by atoms with van der Waals surface area (Å²) in [5.74, 6) is -1.46. The van der Waals surface area contributed by atoms with Crippen molar-refractivity contribution in [3.63, 3.8) is 0 Å². The van der Waals surface area contributed by atoms with E-state index in [1.807, 2.05) is 0 Å². The van der Waals surface area contributed by atoms with Crippen LogP contribution in [-0.4, -0.2) is 37.4 Å². The first-order valence-electron chi connectivity index (χ1n) is 4.68. The average molecular weight is 231 g/mol. The molecule has 0 aliphatic rings. The predicted octanol–water partition coefficient (Wildman–Crippen LogP) is 1.29. The molecule has 0 radical (unpaired) electrons. The van der Waals surface area contributed by atoms with Gasteiger partial charge in [-0.1, -0.05) is 24.8 Å². The molecule has 0 bridgehead atoms. The van der Waals surface area contributed by atoms with Gasteiger partial charge >= 0.3 is 5.97 Å². The molecule has 0 aromatic heterocycles. The second-order valence-corrected chi connectivity index (χ2v) is 10.1. The summed E-state index contributed by atoms with van der Waals surface area (Å²) in [5, 5.41) is 11.0. The first-order valence-corrected chi connectivity index (χ1v) is 8.39. The van der Waals surface area contributed by atoms with E-state index < -0.39 is 25.5 Å². The fourth-order valence-corrected chi connectivity index (χ4v) is 1.49. The highest BCUT2D eigenvalue weighted by Gasteiger charge is 2.20. The van der Waals surface area contributed by atoms with E-state index in [0.29, 0.717) is 0 Å². The van der Waals surface area contributed by atoms with Crippen LogP contribution in [0.3, 0.4) is 0 Å². The lowest BCUT2D eigenvalue weighted by Crippen LogP contribution is -2.27. The van der Waals surface area contributed by atoms with Crippen LogP contribution in [-0.2, 0) is 14.3 Å². The number of ketones is 1. The van der Waals surface area contributed by atoms with Crippen molar-refractivity contribution in [2.75, 3.05) is 6.61 Å². The number of hydrogen-bond acceptors (Lipinski definition) is 5. The van der Waals surface area contributed by atoms with Crippen LogP contribution in [0.2, 0.25) is 25.7 Å². The molecule has 0 saturated heterocycles. The van der Waals surface area contributed by atoms with Gasteiger partial charge in [0.15, 0.2) is 5.78 Å². The molecule has 0 aromatic rings. The van der Waals surface area contributed by atoms with Crippen molar-refractivity contribution >= 4 is 25.5 Å². The van der Waals surface area contributed by atoms with Crippen molar-refractivity contribution in [2.24, 2.45) is 5.16 Å². The first-order chi connectivity index (χ1) is 6.78. The van der Waals surface area contributed by atoms with Gasteiger partial charge in [0.2, 0.25) is 5.71 Å². The first kappa shape index (κ1) is 13.8. The number of carbonyl (C=O) groups is 2. The molecule has 0 aromatic carbocycles. The van der Waals surface area contributed by atoms with E-state index in [1.165, 1.54) is 0 Å². The zero-order valence-corrected chi connectivity index (χ0v) is 10.5. The minimum absolute atomic E-state index is 0.265. The van der Waals surface area contributed by atoms with Crippen molar-refractivity contribution in [1.29, 1.82) is 0 Å². The van der Waals surface area contributed by atoms with E-state index in [9.17, 15) is 9.59 Å². The summed E-state index contributed by atoms with van der Waals surface area (Å²) in [4.78, 5) is 22.0. The summed E-state index contributed by atoms with van der Waals surface area (Å²) >= 11 is 0. The standard InChI is InChI=1S/C9H17NO4Si/c1-7(11)8(10-13)9(12)14-5-6-15(2,3)4/h13H,5-6H2,1-4H3/b10-8-. The van der Waals surface area contributed by atoms with Gasteiger partial charge in [-0.05, 0) is 6.04 Å². The van der Waals surface area contributed by atoms with Gasteiger partial charge in [-0.2, -0.15) is 0 Å². The minimum Gasteiger partial charge on any atom is -0.461 e. The van der Waals surface area contributed by atoms with Crippen molar-refractivity contribution < 1.29 is 19.5 Å². The maximum absolute atomic E-state index is 11.2. The van der Waals surface area contributed by atoms with E-state index in [2.05, 4.69) is 24.8 Å².